The summed E-state index contributed by atoms with van der Waals surface area (Å²) in [7, 11) is 4.71. The van der Waals surface area contributed by atoms with E-state index < -0.39 is 23.9 Å². The zero-order valence-electron chi connectivity index (χ0n) is 43.3. The molecular weight excluding hydrogens is 1470 g/mol. The molecule has 0 saturated heterocycles. The third-order valence-electron chi connectivity index (χ3n) is 9.24. The van der Waals surface area contributed by atoms with Crippen molar-refractivity contribution in [1.29, 1.82) is 0 Å². The zero-order chi connectivity index (χ0) is 58.9. The number of carbonyl (C=O) groups excluding carboxylic acids is 7. The summed E-state index contributed by atoms with van der Waals surface area (Å²) < 4.78 is 36.1. The average molecular weight is 1530 g/mol. The van der Waals surface area contributed by atoms with Gasteiger partial charge in [-0.3, -0.25) is 4.79 Å². The summed E-state index contributed by atoms with van der Waals surface area (Å²) in [4.78, 5) is 79.1. The van der Waals surface area contributed by atoms with Crippen molar-refractivity contribution in [3.63, 3.8) is 0 Å². The molecule has 5 aromatic carbocycles. The Morgan fingerprint density at radius 3 is 1.22 bits per heavy atom. The monoisotopic (exact) mass is 1530 g/mol. The normalized spacial score (nSPS) is 9.60. The van der Waals surface area contributed by atoms with Gasteiger partial charge in [-0.2, -0.15) is 0 Å². The van der Waals surface area contributed by atoms with Crippen LogP contribution >= 0.6 is 90.4 Å². The van der Waals surface area contributed by atoms with Crippen molar-refractivity contribution >= 4 is 161 Å². The molecule has 0 fully saturated rings. The number of nitrogens with one attached hydrogen (secondary N) is 2. The quantitative estimate of drug-likeness (QED) is 0.00929. The van der Waals surface area contributed by atoms with Crippen LogP contribution < -0.4 is 27.8 Å². The van der Waals surface area contributed by atoms with Gasteiger partial charge in [0.25, 0.3) is 0 Å². The Labute approximate surface area is 505 Å². The van der Waals surface area contributed by atoms with E-state index in [1.54, 1.807) is 92.7 Å². The van der Waals surface area contributed by atoms with Crippen LogP contribution in [0.5, 0.6) is 0 Å². The van der Waals surface area contributed by atoms with Crippen LogP contribution in [0, 0.1) is 14.3 Å². The molecule has 0 amide bonds. The maximum Gasteiger partial charge on any atom is 0.346 e. The molecule has 5 rings (SSSR count). The molecule has 10 N–H and O–H groups in total. The van der Waals surface area contributed by atoms with Crippen molar-refractivity contribution in [2.75, 3.05) is 69.5 Å². The molecule has 5 aromatic rings. The summed E-state index contributed by atoms with van der Waals surface area (Å²) >= 11 is 8.37. The second kappa shape index (κ2) is 38.3. The number of carbonyl (C=O) groups is 7. The molecule has 0 radical (unpaired) electrons. The lowest BCUT2D eigenvalue weighted by molar-refractivity contribution is -0.145. The third-order valence-corrected chi connectivity index (χ3v) is 12.9. The first-order valence-electron chi connectivity index (χ1n) is 22.5. The van der Waals surface area contributed by atoms with Gasteiger partial charge in [0, 0.05) is 50.7 Å². The van der Waals surface area contributed by atoms with E-state index in [1.807, 2.05) is 18.2 Å². The SMILES string of the molecule is CCOC(=O)c1ccc(N)c(I)c1.CCOC(=O)c1ccc(N)cc1.COC(=O)C(=CNc1ccc(CO)cc1I)C(=O)OC.COC(=O)C(=CNc1ccc(COC(C)=O)cc1I)C(=O)OC.Nc1ccc(CO)cc1I. The van der Waals surface area contributed by atoms with E-state index in [1.165, 1.54) is 47.8 Å². The number of hydrogen-bond acceptors (Lipinski definition) is 21. The number of rotatable bonds is 16. The first kappa shape index (κ1) is 69.7. The van der Waals surface area contributed by atoms with Crippen LogP contribution in [-0.2, 0) is 77.0 Å². The van der Waals surface area contributed by atoms with Gasteiger partial charge >= 0.3 is 41.8 Å². The number of benzene rings is 5. The topological polar surface area (TPSA) is 327 Å². The summed E-state index contributed by atoms with van der Waals surface area (Å²) in [5, 5.41) is 23.4. The predicted molar refractivity (Wildman–Crippen MR) is 327 cm³/mol. The Balaban J connectivity index is 0.000000504. The van der Waals surface area contributed by atoms with E-state index in [0.717, 1.165) is 36.7 Å². The molecule has 0 atom stereocenters. The lowest BCUT2D eigenvalue weighted by Gasteiger charge is -2.09. The fraction of sp³-hybridized carbons (Fsp3) is 0.226. The summed E-state index contributed by atoms with van der Waals surface area (Å²) in [6, 6.07) is 27.8. The zero-order valence-corrected chi connectivity index (χ0v) is 51.9. The highest BCUT2D eigenvalue weighted by molar-refractivity contribution is 14.1. The number of aliphatic hydroxyl groups excluding tert-OH is 2. The number of nitrogen functional groups attached to an aromatic ring is 3. The Hall–Kier alpha value is -6.29. The van der Waals surface area contributed by atoms with Crippen LogP contribution in [0.25, 0.3) is 0 Å². The van der Waals surface area contributed by atoms with E-state index in [-0.39, 0.29) is 48.9 Å². The van der Waals surface area contributed by atoms with Gasteiger partial charge in [0.05, 0.1) is 77.4 Å². The first-order chi connectivity index (χ1) is 37.0. The summed E-state index contributed by atoms with van der Waals surface area (Å²) in [6.45, 7) is 5.88. The summed E-state index contributed by atoms with van der Waals surface area (Å²) in [5.74, 6) is -4.14. The number of esters is 7. The van der Waals surface area contributed by atoms with Gasteiger partial charge in [-0.15, -0.1) is 0 Å². The minimum Gasteiger partial charge on any atom is -0.465 e. The Kier molecular flexibility index (Phi) is 34.2. The lowest BCUT2D eigenvalue weighted by atomic mass is 10.2. The molecule has 0 saturated carbocycles. The molecule has 0 unspecified atom stereocenters. The lowest BCUT2D eigenvalue weighted by Crippen LogP contribution is -2.17. The maximum absolute atomic E-state index is 11.5. The number of ether oxygens (including phenoxy) is 7. The first-order valence-corrected chi connectivity index (χ1v) is 26.8. The average Bonchev–Trinajstić information content (AvgIpc) is 3.43. The fourth-order valence-electron chi connectivity index (χ4n) is 5.24. The highest BCUT2D eigenvalue weighted by atomic mass is 127. The van der Waals surface area contributed by atoms with E-state index in [9.17, 15) is 33.6 Å². The molecule has 420 valence electrons. The van der Waals surface area contributed by atoms with Crippen molar-refractivity contribution < 1.29 is 76.9 Å². The molecular formula is C53H59I4N5O16. The Morgan fingerprint density at radius 1 is 0.487 bits per heavy atom. The van der Waals surface area contributed by atoms with Gasteiger partial charge in [0.2, 0.25) is 0 Å². The number of methoxy groups -OCH3 is 4. The number of halogens is 4. The van der Waals surface area contributed by atoms with Gasteiger partial charge in [-0.25, -0.2) is 28.8 Å². The number of hydrogen-bond donors (Lipinski definition) is 7. The molecule has 0 aliphatic heterocycles. The van der Waals surface area contributed by atoms with Gasteiger partial charge in [-0.1, -0.05) is 18.2 Å². The highest BCUT2D eigenvalue weighted by Gasteiger charge is 2.21. The second-order valence-electron chi connectivity index (χ2n) is 14.8. The fourth-order valence-corrected chi connectivity index (χ4v) is 7.80. The minimum absolute atomic E-state index is 0.0539. The third kappa shape index (κ3) is 25.9. The van der Waals surface area contributed by atoms with Crippen molar-refractivity contribution in [1.82, 2.24) is 0 Å². The van der Waals surface area contributed by atoms with E-state index >= 15 is 0 Å². The maximum atomic E-state index is 11.5. The molecule has 0 heterocycles. The standard InChI is InChI=1S/C15H16INO6.C13H14INO5.C9H10INO2.C9H11NO2.C7H8INO/c1-9(18)23-8-10-4-5-13(12(16)6-10)17-7-11(14(19)21-2)15(20)22-3;1-19-12(17)9(13(18)20-2)6-15-11-4-3-8(7-16)5-10(11)14;1-2-13-9(12)6-3-4-8(11)7(10)5-6;1-2-12-9(11)7-3-5-8(10)6-4-7;8-6-3-5(4-10)1-2-7(6)9/h4-7,17H,8H2,1-3H3;3-6,15-16H,7H2,1-2H3;3-5H,2,11H2,1H3;3-6H,2,10H2,1H3;1-3,10H,4,9H2. The number of anilines is 5. The molecule has 0 aliphatic carbocycles. The highest BCUT2D eigenvalue weighted by Crippen LogP contribution is 2.23. The van der Waals surface area contributed by atoms with Crippen molar-refractivity contribution in [3.05, 3.63) is 163 Å². The van der Waals surface area contributed by atoms with Crippen LogP contribution in [0.2, 0.25) is 0 Å². The Bertz CT molecular complexity index is 2850. The number of nitrogens with two attached hydrogens (primary N) is 3. The van der Waals surface area contributed by atoms with Crippen molar-refractivity contribution in [2.45, 2.75) is 40.6 Å². The van der Waals surface area contributed by atoms with Crippen molar-refractivity contribution in [2.24, 2.45) is 0 Å². The van der Waals surface area contributed by atoms with Gasteiger partial charge < -0.3 is 71.2 Å². The molecule has 78 heavy (non-hydrogen) atoms. The molecule has 0 aliphatic rings. The minimum atomic E-state index is -0.800. The smallest absolute Gasteiger partial charge is 0.346 e. The van der Waals surface area contributed by atoms with Crippen LogP contribution in [0.1, 0.15) is 58.2 Å². The molecule has 25 heteroatoms. The van der Waals surface area contributed by atoms with Crippen molar-refractivity contribution in [3.8, 4) is 0 Å². The van der Waals surface area contributed by atoms with Gasteiger partial charge in [-0.05, 0) is 200 Å². The van der Waals surface area contributed by atoms with Gasteiger partial charge in [0.1, 0.15) is 6.61 Å². The largest absolute Gasteiger partial charge is 0.465 e. The Morgan fingerprint density at radius 2 is 0.846 bits per heavy atom. The van der Waals surface area contributed by atoms with Crippen LogP contribution in [-0.4, -0.2) is 93.7 Å². The second-order valence-corrected chi connectivity index (χ2v) is 19.4. The van der Waals surface area contributed by atoms with E-state index in [2.05, 4.69) is 120 Å². The van der Waals surface area contributed by atoms with Gasteiger partial charge in [0.15, 0.2) is 11.1 Å². The predicted octanol–water partition coefficient (Wildman–Crippen LogP) is 8.28. The molecule has 21 nitrogen and oxygen atoms in total. The molecule has 0 bridgehead atoms. The van der Waals surface area contributed by atoms with Crippen LogP contribution in [0.3, 0.4) is 0 Å². The summed E-state index contributed by atoms with van der Waals surface area (Å²) in [5.41, 5.74) is 23.1. The van der Waals surface area contributed by atoms with E-state index in [4.69, 9.17) is 41.6 Å². The molecule has 0 aromatic heterocycles. The number of aliphatic hydroxyl groups is 2. The van der Waals surface area contributed by atoms with E-state index in [0.29, 0.717) is 47.1 Å². The summed E-state index contributed by atoms with van der Waals surface area (Å²) in [6.07, 6.45) is 2.45. The van der Waals surface area contributed by atoms with Crippen LogP contribution in [0.15, 0.2) is 121 Å². The molecule has 0 spiro atoms. The van der Waals surface area contributed by atoms with Crippen LogP contribution in [0.4, 0.5) is 28.4 Å².